The molecule has 0 unspecified atom stereocenters. The Morgan fingerprint density at radius 3 is 2.53 bits per heavy atom. The molecular formula is C12H18FNO3. The third-order valence-corrected chi connectivity index (χ3v) is 2.21. The van der Waals surface area contributed by atoms with Gasteiger partial charge in [0.2, 0.25) is 0 Å². The minimum absolute atomic E-state index is 0.159. The minimum Gasteiger partial charge on any atom is -0.398 e. The largest absolute Gasteiger partial charge is 0.398 e. The number of methoxy groups -OCH3 is 1. The number of anilines is 1. The molecule has 2 N–H and O–H groups in total. The average molecular weight is 243 g/mol. The van der Waals surface area contributed by atoms with Crippen molar-refractivity contribution in [2.75, 3.05) is 39.3 Å². The van der Waals surface area contributed by atoms with E-state index in [4.69, 9.17) is 19.9 Å². The van der Waals surface area contributed by atoms with Crippen molar-refractivity contribution in [3.8, 4) is 0 Å². The van der Waals surface area contributed by atoms with Gasteiger partial charge in [-0.2, -0.15) is 0 Å². The molecule has 17 heavy (non-hydrogen) atoms. The molecule has 0 radical (unpaired) electrons. The topological polar surface area (TPSA) is 53.7 Å². The van der Waals surface area contributed by atoms with Crippen LogP contribution in [-0.2, 0) is 20.8 Å². The van der Waals surface area contributed by atoms with Crippen molar-refractivity contribution in [2.45, 2.75) is 6.61 Å². The molecule has 0 heterocycles. The van der Waals surface area contributed by atoms with Crippen LogP contribution in [0.2, 0.25) is 0 Å². The molecular weight excluding hydrogens is 225 g/mol. The third kappa shape index (κ3) is 5.12. The standard InChI is InChI=1S/C12H18FNO3/c1-15-5-6-16-7-8-17-9-10-11(13)3-2-4-12(10)14/h2-4H,5-9,14H2,1H3. The Bertz CT molecular complexity index is 313. The first kappa shape index (κ1) is 13.9. The van der Waals surface area contributed by atoms with E-state index >= 15 is 0 Å². The molecule has 0 aliphatic carbocycles. The van der Waals surface area contributed by atoms with Crippen LogP contribution in [0.1, 0.15) is 5.56 Å². The highest BCUT2D eigenvalue weighted by Crippen LogP contribution is 2.16. The van der Waals surface area contributed by atoms with Gasteiger partial charge in [-0.1, -0.05) is 6.07 Å². The highest BCUT2D eigenvalue weighted by molar-refractivity contribution is 5.46. The Kier molecular flexibility index (Phi) is 6.54. The van der Waals surface area contributed by atoms with Crippen LogP contribution in [-0.4, -0.2) is 33.5 Å². The molecule has 0 aliphatic heterocycles. The number of ether oxygens (including phenoxy) is 3. The van der Waals surface area contributed by atoms with Gasteiger partial charge in [-0.25, -0.2) is 4.39 Å². The highest BCUT2D eigenvalue weighted by atomic mass is 19.1. The molecule has 4 nitrogen and oxygen atoms in total. The Morgan fingerprint density at radius 1 is 1.12 bits per heavy atom. The second-order valence-corrected chi connectivity index (χ2v) is 3.47. The number of halogens is 1. The number of nitrogens with two attached hydrogens (primary N) is 1. The number of nitrogen functional groups attached to an aromatic ring is 1. The quantitative estimate of drug-likeness (QED) is 0.556. The van der Waals surface area contributed by atoms with E-state index in [1.807, 2.05) is 0 Å². The van der Waals surface area contributed by atoms with Crippen LogP contribution in [0.4, 0.5) is 10.1 Å². The van der Waals surface area contributed by atoms with Crippen LogP contribution in [0.15, 0.2) is 18.2 Å². The molecule has 1 rings (SSSR count). The van der Waals surface area contributed by atoms with Crippen LogP contribution in [0.25, 0.3) is 0 Å². The van der Waals surface area contributed by atoms with Crippen LogP contribution < -0.4 is 5.73 Å². The summed E-state index contributed by atoms with van der Waals surface area (Å²) < 4.78 is 28.6. The fourth-order valence-corrected chi connectivity index (χ4v) is 1.26. The monoisotopic (exact) mass is 243 g/mol. The van der Waals surface area contributed by atoms with E-state index in [2.05, 4.69) is 0 Å². The van der Waals surface area contributed by atoms with E-state index < -0.39 is 0 Å². The lowest BCUT2D eigenvalue weighted by Crippen LogP contribution is -2.09. The van der Waals surface area contributed by atoms with E-state index in [0.717, 1.165) is 0 Å². The maximum absolute atomic E-state index is 13.3. The van der Waals surface area contributed by atoms with Gasteiger partial charge < -0.3 is 19.9 Å². The van der Waals surface area contributed by atoms with E-state index in [9.17, 15) is 4.39 Å². The summed E-state index contributed by atoms with van der Waals surface area (Å²) in [5, 5.41) is 0. The lowest BCUT2D eigenvalue weighted by Gasteiger charge is -2.08. The Labute approximate surface area is 100 Å². The van der Waals surface area contributed by atoms with Gasteiger partial charge in [-0.3, -0.25) is 0 Å². The summed E-state index contributed by atoms with van der Waals surface area (Å²) in [4.78, 5) is 0. The van der Waals surface area contributed by atoms with Crippen molar-refractivity contribution >= 4 is 5.69 Å². The zero-order valence-electron chi connectivity index (χ0n) is 9.95. The van der Waals surface area contributed by atoms with Crippen LogP contribution in [0.3, 0.4) is 0 Å². The Hall–Kier alpha value is -1.17. The minimum atomic E-state index is -0.342. The third-order valence-electron chi connectivity index (χ3n) is 2.21. The molecule has 0 aliphatic rings. The van der Waals surface area contributed by atoms with Gasteiger partial charge in [-0.15, -0.1) is 0 Å². The summed E-state index contributed by atoms with van der Waals surface area (Å²) in [5.74, 6) is -0.342. The van der Waals surface area contributed by atoms with Gasteiger partial charge in [0.05, 0.1) is 33.0 Å². The number of rotatable bonds is 8. The fourth-order valence-electron chi connectivity index (χ4n) is 1.26. The van der Waals surface area contributed by atoms with Crippen molar-refractivity contribution in [3.05, 3.63) is 29.6 Å². The molecule has 0 saturated heterocycles. The van der Waals surface area contributed by atoms with Crippen molar-refractivity contribution in [3.63, 3.8) is 0 Å². The van der Waals surface area contributed by atoms with Gasteiger partial charge in [0, 0.05) is 18.4 Å². The predicted molar refractivity (Wildman–Crippen MR) is 63.2 cm³/mol. The SMILES string of the molecule is COCCOCCOCc1c(N)cccc1F. The summed E-state index contributed by atoms with van der Waals surface area (Å²) in [6.45, 7) is 2.10. The second kappa shape index (κ2) is 8.00. The number of benzene rings is 1. The maximum Gasteiger partial charge on any atom is 0.130 e. The Balaban J connectivity index is 2.18. The van der Waals surface area contributed by atoms with Gasteiger partial charge in [0.25, 0.3) is 0 Å². The lowest BCUT2D eigenvalue weighted by atomic mass is 10.2. The molecule has 0 bridgehead atoms. The average Bonchev–Trinajstić information content (AvgIpc) is 2.31. The molecule has 1 aromatic carbocycles. The zero-order chi connectivity index (χ0) is 12.5. The van der Waals surface area contributed by atoms with E-state index in [1.165, 1.54) is 6.07 Å². The summed E-state index contributed by atoms with van der Waals surface area (Å²) in [5.41, 5.74) is 6.43. The van der Waals surface area contributed by atoms with Gasteiger partial charge >= 0.3 is 0 Å². The number of hydrogen-bond donors (Lipinski definition) is 1. The normalized spacial score (nSPS) is 10.7. The maximum atomic E-state index is 13.3. The first-order valence-electron chi connectivity index (χ1n) is 5.43. The highest BCUT2D eigenvalue weighted by Gasteiger charge is 2.05. The van der Waals surface area contributed by atoms with E-state index in [1.54, 1.807) is 19.2 Å². The van der Waals surface area contributed by atoms with Gasteiger partial charge in [0.15, 0.2) is 0 Å². The lowest BCUT2D eigenvalue weighted by molar-refractivity contribution is 0.0195. The molecule has 0 aromatic heterocycles. The van der Waals surface area contributed by atoms with Crippen LogP contribution >= 0.6 is 0 Å². The first-order valence-corrected chi connectivity index (χ1v) is 5.43. The molecule has 0 atom stereocenters. The predicted octanol–water partition coefficient (Wildman–Crippen LogP) is 1.59. The molecule has 0 spiro atoms. The van der Waals surface area contributed by atoms with Crippen molar-refractivity contribution in [1.29, 1.82) is 0 Å². The van der Waals surface area contributed by atoms with E-state index in [-0.39, 0.29) is 12.4 Å². The molecule has 0 amide bonds. The second-order valence-electron chi connectivity index (χ2n) is 3.47. The van der Waals surface area contributed by atoms with Gasteiger partial charge in [0.1, 0.15) is 5.82 Å². The first-order chi connectivity index (χ1) is 8.25. The fraction of sp³-hybridized carbons (Fsp3) is 0.500. The van der Waals surface area contributed by atoms with Crippen LogP contribution in [0.5, 0.6) is 0 Å². The van der Waals surface area contributed by atoms with Crippen molar-refractivity contribution in [2.24, 2.45) is 0 Å². The molecule has 1 aromatic rings. The molecule has 5 heteroatoms. The molecule has 0 fully saturated rings. The van der Waals surface area contributed by atoms with Crippen molar-refractivity contribution < 1.29 is 18.6 Å². The van der Waals surface area contributed by atoms with Crippen LogP contribution in [0, 0.1) is 5.82 Å². The van der Waals surface area contributed by atoms with E-state index in [0.29, 0.717) is 37.7 Å². The number of hydrogen-bond acceptors (Lipinski definition) is 4. The van der Waals surface area contributed by atoms with Gasteiger partial charge in [-0.05, 0) is 12.1 Å². The Morgan fingerprint density at radius 2 is 1.82 bits per heavy atom. The summed E-state index contributed by atoms with van der Waals surface area (Å²) in [6, 6.07) is 4.59. The summed E-state index contributed by atoms with van der Waals surface area (Å²) >= 11 is 0. The summed E-state index contributed by atoms with van der Waals surface area (Å²) in [6.07, 6.45) is 0. The van der Waals surface area contributed by atoms with Crippen molar-refractivity contribution in [1.82, 2.24) is 0 Å². The zero-order valence-corrected chi connectivity index (χ0v) is 9.95. The molecule has 0 saturated carbocycles. The summed E-state index contributed by atoms with van der Waals surface area (Å²) in [7, 11) is 1.61. The smallest absolute Gasteiger partial charge is 0.130 e. The molecule has 96 valence electrons.